The van der Waals surface area contributed by atoms with Crippen molar-refractivity contribution in [2.75, 3.05) is 14.2 Å². The molecule has 0 amide bonds. The maximum absolute atomic E-state index is 4.25. The van der Waals surface area contributed by atoms with Gasteiger partial charge in [0.2, 0.25) is 0 Å². The second kappa shape index (κ2) is 6.87. The first-order valence-electron chi connectivity index (χ1n) is 6.24. The predicted octanol–water partition coefficient (Wildman–Crippen LogP) is 4.74. The first-order valence-corrected chi connectivity index (χ1v) is 10.0. The Balaban J connectivity index is 0.000000873. The summed E-state index contributed by atoms with van der Waals surface area (Å²) in [5, 5.41) is 1.95. The van der Waals surface area contributed by atoms with Crippen LogP contribution in [0.15, 0.2) is 22.7 Å². The summed E-state index contributed by atoms with van der Waals surface area (Å²) in [7, 11) is 1.88. The van der Waals surface area contributed by atoms with Gasteiger partial charge in [0.1, 0.15) is 0 Å². The fourth-order valence-electron chi connectivity index (χ4n) is 1.53. The van der Waals surface area contributed by atoms with Crippen LogP contribution in [0.2, 0.25) is 18.1 Å². The molecular weight excluding hydrogens is 304 g/mol. The van der Waals surface area contributed by atoms with Crippen LogP contribution in [0, 0.1) is 6.92 Å². The van der Waals surface area contributed by atoms with Crippen molar-refractivity contribution in [2.24, 2.45) is 0 Å². The standard InChI is InChI=1S/C13H21BrSi.C2H6O/c1-10-7-11(14)9-12(8-10)15(5,6)13(2,3)4;1-3-2/h7-9H,1-6H3;1-2H3. The van der Waals surface area contributed by atoms with Crippen LogP contribution in [-0.2, 0) is 4.74 Å². The van der Waals surface area contributed by atoms with E-state index in [0.29, 0.717) is 5.04 Å². The number of benzene rings is 1. The van der Waals surface area contributed by atoms with E-state index in [4.69, 9.17) is 0 Å². The lowest BCUT2D eigenvalue weighted by atomic mass is 10.2. The average molecular weight is 331 g/mol. The van der Waals surface area contributed by atoms with E-state index in [2.05, 4.69) is 79.7 Å². The van der Waals surface area contributed by atoms with E-state index in [0.717, 1.165) is 0 Å². The van der Waals surface area contributed by atoms with Crippen LogP contribution in [0.1, 0.15) is 26.3 Å². The van der Waals surface area contributed by atoms with Gasteiger partial charge in [0, 0.05) is 18.7 Å². The van der Waals surface area contributed by atoms with Gasteiger partial charge in [-0.15, -0.1) is 0 Å². The molecule has 1 nitrogen and oxygen atoms in total. The van der Waals surface area contributed by atoms with Crippen LogP contribution in [-0.4, -0.2) is 22.3 Å². The number of rotatable bonds is 1. The minimum atomic E-state index is -1.37. The number of hydrogen-bond donors (Lipinski definition) is 0. The Bertz CT molecular complexity index is 360. The third-order valence-corrected chi connectivity index (χ3v) is 9.58. The van der Waals surface area contributed by atoms with E-state index < -0.39 is 8.07 Å². The largest absolute Gasteiger partial charge is 0.388 e. The SMILES string of the molecule is COC.Cc1cc(Br)cc([Si](C)(C)C(C)(C)C)c1. The third kappa shape index (κ3) is 4.86. The summed E-state index contributed by atoms with van der Waals surface area (Å²) in [6.07, 6.45) is 0. The summed E-state index contributed by atoms with van der Waals surface area (Å²) in [4.78, 5) is 0. The quantitative estimate of drug-likeness (QED) is 0.676. The van der Waals surface area contributed by atoms with Crippen molar-refractivity contribution >= 4 is 29.2 Å². The molecule has 1 aromatic carbocycles. The van der Waals surface area contributed by atoms with Gasteiger partial charge in [-0.25, -0.2) is 0 Å². The van der Waals surface area contributed by atoms with E-state index in [-0.39, 0.29) is 0 Å². The van der Waals surface area contributed by atoms with Gasteiger partial charge in [-0.3, -0.25) is 0 Å². The molecule has 104 valence electrons. The highest BCUT2D eigenvalue weighted by Crippen LogP contribution is 2.35. The summed E-state index contributed by atoms with van der Waals surface area (Å²) in [6, 6.07) is 6.82. The van der Waals surface area contributed by atoms with Crippen molar-refractivity contribution in [3.8, 4) is 0 Å². The normalized spacial score (nSPS) is 11.8. The monoisotopic (exact) mass is 330 g/mol. The van der Waals surface area contributed by atoms with E-state index in [9.17, 15) is 0 Å². The maximum atomic E-state index is 4.25. The minimum absolute atomic E-state index is 0.403. The molecule has 0 heterocycles. The van der Waals surface area contributed by atoms with Crippen molar-refractivity contribution in [2.45, 2.75) is 45.8 Å². The second-order valence-electron chi connectivity index (χ2n) is 6.30. The molecular formula is C15H27BrOSi. The van der Waals surface area contributed by atoms with E-state index in [1.54, 1.807) is 19.4 Å². The first-order chi connectivity index (χ1) is 8.06. The summed E-state index contributed by atoms with van der Waals surface area (Å²) >= 11 is 3.59. The highest BCUT2D eigenvalue weighted by Gasteiger charge is 2.36. The lowest BCUT2D eigenvalue weighted by Crippen LogP contribution is -2.49. The first kappa shape index (κ1) is 17.9. The number of methoxy groups -OCH3 is 1. The molecule has 1 rings (SSSR count). The molecule has 0 atom stereocenters. The lowest BCUT2D eigenvalue weighted by molar-refractivity contribution is 0.277. The van der Waals surface area contributed by atoms with Crippen LogP contribution in [0.3, 0.4) is 0 Å². The van der Waals surface area contributed by atoms with Crippen LogP contribution in [0.25, 0.3) is 0 Å². The highest BCUT2D eigenvalue weighted by atomic mass is 79.9. The molecule has 18 heavy (non-hydrogen) atoms. The Hall–Kier alpha value is -0.123. The van der Waals surface area contributed by atoms with Crippen molar-refractivity contribution < 1.29 is 4.74 Å². The van der Waals surface area contributed by atoms with Gasteiger partial charge in [-0.1, -0.05) is 66.6 Å². The zero-order valence-electron chi connectivity index (χ0n) is 13.0. The van der Waals surface area contributed by atoms with Crippen LogP contribution in [0.5, 0.6) is 0 Å². The molecule has 0 aliphatic heterocycles. The molecule has 0 spiro atoms. The number of aryl methyl sites for hydroxylation is 1. The van der Waals surface area contributed by atoms with Crippen LogP contribution < -0.4 is 5.19 Å². The van der Waals surface area contributed by atoms with Gasteiger partial charge in [0.05, 0.1) is 8.07 Å². The zero-order chi connectivity index (χ0) is 14.6. The molecule has 0 aromatic heterocycles. The van der Waals surface area contributed by atoms with Crippen molar-refractivity contribution in [3.63, 3.8) is 0 Å². The summed E-state index contributed by atoms with van der Waals surface area (Å²) in [5.74, 6) is 0. The van der Waals surface area contributed by atoms with Crippen molar-refractivity contribution in [1.29, 1.82) is 0 Å². The molecule has 0 saturated carbocycles. The fourth-order valence-corrected chi connectivity index (χ4v) is 4.32. The smallest absolute Gasteiger partial charge is 0.0859 e. The summed E-state index contributed by atoms with van der Waals surface area (Å²) in [6.45, 7) is 14.1. The van der Waals surface area contributed by atoms with Gasteiger partial charge in [-0.05, 0) is 24.1 Å². The van der Waals surface area contributed by atoms with E-state index >= 15 is 0 Å². The van der Waals surface area contributed by atoms with Crippen molar-refractivity contribution in [1.82, 2.24) is 0 Å². The van der Waals surface area contributed by atoms with E-state index in [1.807, 2.05) is 0 Å². The van der Waals surface area contributed by atoms with Gasteiger partial charge < -0.3 is 4.74 Å². The van der Waals surface area contributed by atoms with Gasteiger partial charge in [-0.2, -0.15) is 0 Å². The molecule has 0 saturated heterocycles. The predicted molar refractivity (Wildman–Crippen MR) is 88.6 cm³/mol. The Morgan fingerprint density at radius 1 is 1.06 bits per heavy atom. The number of ether oxygens (including phenoxy) is 1. The van der Waals surface area contributed by atoms with Crippen LogP contribution >= 0.6 is 15.9 Å². The Morgan fingerprint density at radius 3 is 1.83 bits per heavy atom. The Morgan fingerprint density at radius 2 is 1.50 bits per heavy atom. The maximum Gasteiger partial charge on any atom is 0.0859 e. The molecule has 0 aliphatic carbocycles. The lowest BCUT2D eigenvalue weighted by Gasteiger charge is -2.37. The molecule has 0 aliphatic rings. The molecule has 1 aromatic rings. The summed E-state index contributed by atoms with van der Waals surface area (Å²) in [5.41, 5.74) is 1.35. The Kier molecular flexibility index (Phi) is 6.83. The molecule has 0 bridgehead atoms. The second-order valence-corrected chi connectivity index (χ2v) is 12.5. The van der Waals surface area contributed by atoms with Gasteiger partial charge in [0.15, 0.2) is 0 Å². The Labute approximate surface area is 122 Å². The molecule has 3 heteroatoms. The molecule has 0 fully saturated rings. The van der Waals surface area contributed by atoms with Gasteiger partial charge in [0.25, 0.3) is 0 Å². The highest BCUT2D eigenvalue weighted by molar-refractivity contribution is 9.10. The average Bonchev–Trinajstić information content (AvgIpc) is 2.15. The zero-order valence-corrected chi connectivity index (χ0v) is 15.6. The topological polar surface area (TPSA) is 9.23 Å². The number of hydrogen-bond acceptors (Lipinski definition) is 1. The van der Waals surface area contributed by atoms with Crippen LogP contribution in [0.4, 0.5) is 0 Å². The molecule has 0 radical (unpaired) electrons. The van der Waals surface area contributed by atoms with E-state index in [1.165, 1.54) is 10.0 Å². The molecule has 0 unspecified atom stereocenters. The van der Waals surface area contributed by atoms with Crippen molar-refractivity contribution in [3.05, 3.63) is 28.2 Å². The molecule has 0 N–H and O–H groups in total. The summed E-state index contributed by atoms with van der Waals surface area (Å²) < 4.78 is 5.46. The fraction of sp³-hybridized carbons (Fsp3) is 0.600. The third-order valence-electron chi connectivity index (χ3n) is 3.64. The number of halogens is 1. The van der Waals surface area contributed by atoms with Gasteiger partial charge >= 0.3 is 0 Å². The minimum Gasteiger partial charge on any atom is -0.388 e.